The molecule has 3 aliphatic heterocycles. The minimum atomic E-state index is 0. The molecule has 0 spiro atoms. The van der Waals surface area contributed by atoms with E-state index in [9.17, 15) is 0 Å². The Balaban J connectivity index is 0.00000243. The molecule has 3 rings (SSSR count). The molecule has 3 heterocycles. The van der Waals surface area contributed by atoms with Crippen LogP contribution >= 0.6 is 47.5 Å². The van der Waals surface area contributed by atoms with Crippen molar-refractivity contribution < 1.29 is 4.74 Å². The standard InChI is InChI=1S/C18H34N4OS2.HI/c1-3-19-16(20-13-17(2)5-4-11-25-17)21-14-18(6-12-24-15-18)22-7-9-23-10-8-22;/h3-15H2,1-2H3,(H2,19,20,21);1H. The monoisotopic (exact) mass is 514 g/mol. The van der Waals surface area contributed by atoms with Crippen LogP contribution in [0.1, 0.15) is 33.1 Å². The number of guanidine groups is 1. The number of aliphatic imine (C=N–C) groups is 1. The lowest BCUT2D eigenvalue weighted by Crippen LogP contribution is -2.56. The van der Waals surface area contributed by atoms with E-state index in [0.717, 1.165) is 51.9 Å². The third-order valence-electron chi connectivity index (χ3n) is 5.57. The van der Waals surface area contributed by atoms with Crippen molar-refractivity contribution in [1.82, 2.24) is 15.5 Å². The van der Waals surface area contributed by atoms with Gasteiger partial charge >= 0.3 is 0 Å². The molecule has 2 N–H and O–H groups in total. The minimum absolute atomic E-state index is 0. The lowest BCUT2D eigenvalue weighted by Gasteiger charge is -2.42. The summed E-state index contributed by atoms with van der Waals surface area (Å²) in [5, 5.41) is 7.06. The van der Waals surface area contributed by atoms with Crippen LogP contribution in [0.4, 0.5) is 0 Å². The van der Waals surface area contributed by atoms with Crippen molar-refractivity contribution >= 4 is 53.5 Å². The molecule has 0 aliphatic carbocycles. The zero-order chi connectivity index (χ0) is 17.6. The highest BCUT2D eigenvalue weighted by atomic mass is 127. The molecule has 2 atom stereocenters. The molecule has 8 heteroatoms. The second-order valence-electron chi connectivity index (χ2n) is 7.58. The molecule has 152 valence electrons. The molecular weight excluding hydrogens is 479 g/mol. The lowest BCUT2D eigenvalue weighted by molar-refractivity contribution is -0.0104. The lowest BCUT2D eigenvalue weighted by atomic mass is 9.96. The van der Waals surface area contributed by atoms with Gasteiger partial charge in [0.2, 0.25) is 0 Å². The summed E-state index contributed by atoms with van der Waals surface area (Å²) in [5.74, 6) is 4.74. The quantitative estimate of drug-likeness (QED) is 0.323. The number of nitrogens with zero attached hydrogens (tertiary/aromatic N) is 2. The molecule has 0 amide bonds. The summed E-state index contributed by atoms with van der Waals surface area (Å²) in [5.41, 5.74) is 0.225. The van der Waals surface area contributed by atoms with Crippen LogP contribution in [0.15, 0.2) is 4.99 Å². The highest BCUT2D eigenvalue weighted by Crippen LogP contribution is 2.37. The molecule has 3 aliphatic rings. The number of hydrogen-bond acceptors (Lipinski definition) is 5. The van der Waals surface area contributed by atoms with Crippen LogP contribution in [-0.4, -0.2) is 84.3 Å². The molecular formula is C18H35IN4OS2. The van der Waals surface area contributed by atoms with Crippen molar-refractivity contribution in [3.05, 3.63) is 0 Å². The molecule has 0 radical (unpaired) electrons. The number of morpholine rings is 1. The van der Waals surface area contributed by atoms with Gasteiger partial charge in [-0.2, -0.15) is 23.5 Å². The van der Waals surface area contributed by atoms with Gasteiger partial charge in [0, 0.05) is 36.7 Å². The van der Waals surface area contributed by atoms with E-state index in [4.69, 9.17) is 9.73 Å². The van der Waals surface area contributed by atoms with Crippen molar-refractivity contribution in [2.45, 2.75) is 43.4 Å². The molecule has 0 bridgehead atoms. The Morgan fingerprint density at radius 2 is 2.00 bits per heavy atom. The molecule has 0 saturated carbocycles. The Kier molecular flexibility index (Phi) is 9.67. The normalized spacial score (nSPS) is 33.1. The van der Waals surface area contributed by atoms with Gasteiger partial charge in [-0.15, -0.1) is 24.0 Å². The number of hydrogen-bond donors (Lipinski definition) is 2. The van der Waals surface area contributed by atoms with Crippen molar-refractivity contribution in [3.8, 4) is 0 Å². The van der Waals surface area contributed by atoms with Gasteiger partial charge in [-0.25, -0.2) is 0 Å². The third kappa shape index (κ3) is 6.06. The van der Waals surface area contributed by atoms with Crippen LogP contribution in [-0.2, 0) is 4.74 Å². The number of ether oxygens (including phenoxy) is 1. The fourth-order valence-electron chi connectivity index (χ4n) is 3.92. The van der Waals surface area contributed by atoms with Crippen molar-refractivity contribution in [2.24, 2.45) is 4.99 Å². The van der Waals surface area contributed by atoms with Gasteiger partial charge in [-0.3, -0.25) is 9.89 Å². The van der Waals surface area contributed by atoms with Crippen molar-refractivity contribution in [2.75, 3.05) is 63.2 Å². The zero-order valence-corrected chi connectivity index (χ0v) is 20.2. The first-order chi connectivity index (χ1) is 12.2. The predicted molar refractivity (Wildman–Crippen MR) is 127 cm³/mol. The first-order valence-electron chi connectivity index (χ1n) is 9.73. The average Bonchev–Trinajstić information content (AvgIpc) is 3.29. The van der Waals surface area contributed by atoms with Gasteiger partial charge in [-0.1, -0.05) is 0 Å². The molecule has 0 aromatic heterocycles. The first kappa shape index (κ1) is 22.9. The topological polar surface area (TPSA) is 48.9 Å². The zero-order valence-electron chi connectivity index (χ0n) is 16.2. The number of halogens is 1. The summed E-state index contributed by atoms with van der Waals surface area (Å²) in [6.45, 7) is 11.2. The first-order valence-corrected chi connectivity index (χ1v) is 11.9. The Morgan fingerprint density at radius 3 is 2.62 bits per heavy atom. The Bertz CT molecular complexity index is 448. The summed E-state index contributed by atoms with van der Waals surface area (Å²) < 4.78 is 5.93. The number of rotatable bonds is 6. The van der Waals surface area contributed by atoms with Crippen LogP contribution < -0.4 is 10.6 Å². The van der Waals surface area contributed by atoms with Crippen LogP contribution in [0.2, 0.25) is 0 Å². The molecule has 3 fully saturated rings. The average molecular weight is 515 g/mol. The highest BCUT2D eigenvalue weighted by Gasteiger charge is 2.40. The van der Waals surface area contributed by atoms with Crippen LogP contribution in [0.25, 0.3) is 0 Å². The van der Waals surface area contributed by atoms with E-state index in [2.05, 4.69) is 52.9 Å². The van der Waals surface area contributed by atoms with Crippen LogP contribution in [0.5, 0.6) is 0 Å². The van der Waals surface area contributed by atoms with Crippen molar-refractivity contribution in [1.29, 1.82) is 0 Å². The second kappa shape index (κ2) is 11.0. The summed E-state index contributed by atoms with van der Waals surface area (Å²) in [7, 11) is 0. The second-order valence-corrected chi connectivity index (χ2v) is 10.4. The van der Waals surface area contributed by atoms with Gasteiger partial charge in [0.1, 0.15) is 0 Å². The maximum atomic E-state index is 5.56. The van der Waals surface area contributed by atoms with Gasteiger partial charge in [0.25, 0.3) is 0 Å². The largest absolute Gasteiger partial charge is 0.379 e. The van der Waals surface area contributed by atoms with Gasteiger partial charge in [-0.05, 0) is 44.6 Å². The van der Waals surface area contributed by atoms with E-state index in [-0.39, 0.29) is 29.5 Å². The molecule has 2 unspecified atom stereocenters. The SMILES string of the molecule is CCNC(=NCC1(N2CCOCC2)CCSC1)NCC1(C)CCCS1.I. The highest BCUT2D eigenvalue weighted by molar-refractivity contribution is 14.0. The van der Waals surface area contributed by atoms with Crippen LogP contribution in [0, 0.1) is 0 Å². The van der Waals surface area contributed by atoms with Crippen molar-refractivity contribution in [3.63, 3.8) is 0 Å². The predicted octanol–water partition coefficient (Wildman–Crippen LogP) is 2.65. The van der Waals surface area contributed by atoms with Crippen LogP contribution in [0.3, 0.4) is 0 Å². The van der Waals surface area contributed by atoms with E-state index >= 15 is 0 Å². The van der Waals surface area contributed by atoms with E-state index in [1.54, 1.807) is 0 Å². The minimum Gasteiger partial charge on any atom is -0.379 e. The maximum absolute atomic E-state index is 5.56. The summed E-state index contributed by atoms with van der Waals surface area (Å²) in [6.07, 6.45) is 3.89. The fraction of sp³-hybridized carbons (Fsp3) is 0.944. The smallest absolute Gasteiger partial charge is 0.191 e. The molecule has 3 saturated heterocycles. The molecule has 0 aromatic rings. The van der Waals surface area contributed by atoms with Gasteiger partial charge in [0.05, 0.1) is 25.3 Å². The van der Waals surface area contributed by atoms with Gasteiger partial charge < -0.3 is 15.4 Å². The Morgan fingerprint density at radius 1 is 1.19 bits per heavy atom. The van der Waals surface area contributed by atoms with E-state index in [1.165, 1.54) is 36.5 Å². The Labute approximate surface area is 184 Å². The molecule has 0 aromatic carbocycles. The molecule has 5 nitrogen and oxygen atoms in total. The number of thioether (sulfide) groups is 2. The van der Waals surface area contributed by atoms with E-state index < -0.39 is 0 Å². The summed E-state index contributed by atoms with van der Waals surface area (Å²) in [6, 6.07) is 0. The molecule has 26 heavy (non-hydrogen) atoms. The van der Waals surface area contributed by atoms with Gasteiger partial charge in [0.15, 0.2) is 5.96 Å². The fourth-order valence-corrected chi connectivity index (χ4v) is 6.63. The number of nitrogens with one attached hydrogen (secondary N) is 2. The van der Waals surface area contributed by atoms with E-state index in [0.29, 0.717) is 4.75 Å². The summed E-state index contributed by atoms with van der Waals surface area (Å²) in [4.78, 5) is 7.66. The maximum Gasteiger partial charge on any atom is 0.191 e. The Hall–Kier alpha value is 0.620. The summed E-state index contributed by atoms with van der Waals surface area (Å²) >= 11 is 4.18. The van der Waals surface area contributed by atoms with E-state index in [1.807, 2.05) is 0 Å². The third-order valence-corrected chi connectivity index (χ3v) is 8.34.